The van der Waals surface area contributed by atoms with Crippen molar-refractivity contribution in [1.82, 2.24) is 20.1 Å². The Morgan fingerprint density at radius 2 is 2.32 bits per heavy atom. The number of aromatic amines is 1. The van der Waals surface area contributed by atoms with Crippen LogP contribution >= 0.6 is 0 Å². The van der Waals surface area contributed by atoms with E-state index in [2.05, 4.69) is 22.1 Å². The maximum absolute atomic E-state index is 12.7. The number of hydrogen-bond donors (Lipinski definition) is 1. The van der Waals surface area contributed by atoms with E-state index in [9.17, 15) is 4.79 Å². The van der Waals surface area contributed by atoms with Gasteiger partial charge in [0.1, 0.15) is 6.33 Å². The van der Waals surface area contributed by atoms with Crippen LogP contribution in [-0.4, -0.2) is 52.3 Å². The molecule has 0 bridgehead atoms. The van der Waals surface area contributed by atoms with Crippen molar-refractivity contribution in [3.05, 3.63) is 36.2 Å². The van der Waals surface area contributed by atoms with Gasteiger partial charge in [-0.3, -0.25) is 9.89 Å². The van der Waals surface area contributed by atoms with Crippen LogP contribution in [0.5, 0.6) is 0 Å². The van der Waals surface area contributed by atoms with E-state index in [1.54, 1.807) is 7.11 Å². The predicted octanol–water partition coefficient (Wildman–Crippen LogP) is 1.97. The second-order valence-electron chi connectivity index (χ2n) is 5.71. The minimum absolute atomic E-state index is 0.0373. The third-order valence-electron chi connectivity index (χ3n) is 4.28. The minimum atomic E-state index is 0.0373. The van der Waals surface area contributed by atoms with E-state index in [1.807, 2.05) is 29.2 Å². The van der Waals surface area contributed by atoms with Gasteiger partial charge in [-0.15, -0.1) is 0 Å². The summed E-state index contributed by atoms with van der Waals surface area (Å²) in [5.41, 5.74) is 1.52. The third kappa shape index (κ3) is 2.87. The summed E-state index contributed by atoms with van der Waals surface area (Å²) >= 11 is 0. The molecule has 1 aliphatic heterocycles. The number of amides is 1. The molecule has 2 unspecified atom stereocenters. The Bertz CT molecular complexity index is 641. The number of H-pyrrole nitrogens is 1. The molecule has 116 valence electrons. The molecule has 6 nitrogen and oxygen atoms in total. The lowest BCUT2D eigenvalue weighted by molar-refractivity contribution is -0.00156. The van der Waals surface area contributed by atoms with Crippen LogP contribution in [0, 0.1) is 5.92 Å². The zero-order chi connectivity index (χ0) is 15.5. The summed E-state index contributed by atoms with van der Waals surface area (Å²) in [6, 6.07) is 7.46. The molecule has 1 fully saturated rings. The number of benzene rings is 1. The fourth-order valence-electron chi connectivity index (χ4n) is 2.85. The molecule has 0 saturated carbocycles. The molecular formula is C16H20N4O2. The molecule has 22 heavy (non-hydrogen) atoms. The molecule has 1 aromatic heterocycles. The van der Waals surface area contributed by atoms with Crippen molar-refractivity contribution in [2.24, 2.45) is 5.92 Å². The molecule has 1 N–H and O–H groups in total. The highest BCUT2D eigenvalue weighted by molar-refractivity contribution is 5.95. The number of piperidine rings is 1. The fraction of sp³-hybridized carbons (Fsp3) is 0.438. The van der Waals surface area contributed by atoms with E-state index in [0.29, 0.717) is 23.9 Å². The lowest BCUT2D eigenvalue weighted by Gasteiger charge is -2.36. The summed E-state index contributed by atoms with van der Waals surface area (Å²) in [4.78, 5) is 18.7. The second-order valence-corrected chi connectivity index (χ2v) is 5.71. The summed E-state index contributed by atoms with van der Waals surface area (Å²) in [7, 11) is 1.71. The van der Waals surface area contributed by atoms with Gasteiger partial charge in [0.15, 0.2) is 5.82 Å². The Labute approximate surface area is 129 Å². The zero-order valence-electron chi connectivity index (χ0n) is 12.8. The summed E-state index contributed by atoms with van der Waals surface area (Å²) in [5.74, 6) is 1.18. The van der Waals surface area contributed by atoms with Crippen LogP contribution in [0.15, 0.2) is 30.6 Å². The number of hydrogen-bond acceptors (Lipinski definition) is 4. The molecule has 3 rings (SSSR count). The summed E-state index contributed by atoms with van der Waals surface area (Å²) in [6.07, 6.45) is 2.53. The van der Waals surface area contributed by atoms with Gasteiger partial charge in [-0.25, -0.2) is 4.98 Å². The average Bonchev–Trinajstić information content (AvgIpc) is 3.09. The number of carbonyl (C=O) groups is 1. The lowest BCUT2D eigenvalue weighted by Crippen LogP contribution is -2.46. The van der Waals surface area contributed by atoms with Crippen LogP contribution in [0.1, 0.15) is 23.7 Å². The quantitative estimate of drug-likeness (QED) is 0.940. The van der Waals surface area contributed by atoms with Gasteiger partial charge >= 0.3 is 0 Å². The molecule has 0 aliphatic carbocycles. The molecule has 0 spiro atoms. The Kier molecular flexibility index (Phi) is 4.20. The maximum atomic E-state index is 12.7. The first-order valence-electron chi connectivity index (χ1n) is 7.47. The number of likely N-dealkylation sites (tertiary alicyclic amines) is 1. The number of ether oxygens (including phenoxy) is 1. The van der Waals surface area contributed by atoms with E-state index in [4.69, 9.17) is 4.74 Å². The molecule has 1 aliphatic rings. The van der Waals surface area contributed by atoms with Crippen LogP contribution < -0.4 is 0 Å². The molecule has 1 aromatic carbocycles. The van der Waals surface area contributed by atoms with Gasteiger partial charge in [-0.05, 0) is 24.5 Å². The monoisotopic (exact) mass is 300 g/mol. The summed E-state index contributed by atoms with van der Waals surface area (Å²) in [6.45, 7) is 3.58. The molecule has 1 amide bonds. The van der Waals surface area contributed by atoms with Crippen LogP contribution in [0.2, 0.25) is 0 Å². The van der Waals surface area contributed by atoms with Gasteiger partial charge < -0.3 is 9.64 Å². The van der Waals surface area contributed by atoms with Crippen LogP contribution in [-0.2, 0) is 4.74 Å². The van der Waals surface area contributed by atoms with E-state index in [1.165, 1.54) is 6.33 Å². The Balaban J connectivity index is 1.79. The Morgan fingerprint density at radius 1 is 1.45 bits per heavy atom. The SMILES string of the molecule is COC1CN(C(=O)c2cccc(-c3ncn[nH]3)c2)CCC1C. The van der Waals surface area contributed by atoms with Crippen LogP contribution in [0.3, 0.4) is 0 Å². The Morgan fingerprint density at radius 3 is 3.05 bits per heavy atom. The number of nitrogens with one attached hydrogen (secondary N) is 1. The smallest absolute Gasteiger partial charge is 0.253 e. The summed E-state index contributed by atoms with van der Waals surface area (Å²) < 4.78 is 5.49. The highest BCUT2D eigenvalue weighted by atomic mass is 16.5. The minimum Gasteiger partial charge on any atom is -0.379 e. The average molecular weight is 300 g/mol. The van der Waals surface area contributed by atoms with Gasteiger partial charge in [0.25, 0.3) is 5.91 Å². The number of nitrogens with zero attached hydrogens (tertiary/aromatic N) is 3. The van der Waals surface area contributed by atoms with Gasteiger partial charge in [0.05, 0.1) is 6.10 Å². The van der Waals surface area contributed by atoms with E-state index >= 15 is 0 Å². The highest BCUT2D eigenvalue weighted by Gasteiger charge is 2.29. The van der Waals surface area contributed by atoms with Gasteiger partial charge in [0.2, 0.25) is 0 Å². The van der Waals surface area contributed by atoms with Gasteiger partial charge in [-0.1, -0.05) is 19.1 Å². The normalized spacial score (nSPS) is 21.8. The first kappa shape index (κ1) is 14.7. The van der Waals surface area contributed by atoms with Crippen LogP contribution in [0.25, 0.3) is 11.4 Å². The predicted molar refractivity (Wildman–Crippen MR) is 82.3 cm³/mol. The van der Waals surface area contributed by atoms with Crippen LogP contribution in [0.4, 0.5) is 0 Å². The molecule has 6 heteroatoms. The highest BCUT2D eigenvalue weighted by Crippen LogP contribution is 2.22. The van der Waals surface area contributed by atoms with Crippen molar-refractivity contribution < 1.29 is 9.53 Å². The van der Waals surface area contributed by atoms with Crippen molar-refractivity contribution in [3.8, 4) is 11.4 Å². The number of methoxy groups -OCH3 is 1. The molecule has 1 saturated heterocycles. The number of aromatic nitrogens is 3. The maximum Gasteiger partial charge on any atom is 0.253 e. The van der Waals surface area contributed by atoms with E-state index in [-0.39, 0.29) is 12.0 Å². The molecule has 2 atom stereocenters. The van der Waals surface area contributed by atoms with Crippen molar-refractivity contribution in [1.29, 1.82) is 0 Å². The fourth-order valence-corrected chi connectivity index (χ4v) is 2.85. The van der Waals surface area contributed by atoms with Gasteiger partial charge in [-0.2, -0.15) is 5.10 Å². The molecule has 2 heterocycles. The molecular weight excluding hydrogens is 280 g/mol. The molecule has 2 aromatic rings. The largest absolute Gasteiger partial charge is 0.379 e. The van der Waals surface area contributed by atoms with E-state index < -0.39 is 0 Å². The second kappa shape index (κ2) is 6.27. The van der Waals surface area contributed by atoms with Crippen molar-refractivity contribution in [2.45, 2.75) is 19.4 Å². The number of rotatable bonds is 3. The molecule has 0 radical (unpaired) electrons. The van der Waals surface area contributed by atoms with Crippen molar-refractivity contribution >= 4 is 5.91 Å². The van der Waals surface area contributed by atoms with E-state index in [0.717, 1.165) is 18.5 Å². The topological polar surface area (TPSA) is 71.1 Å². The third-order valence-corrected chi connectivity index (χ3v) is 4.28. The first-order valence-corrected chi connectivity index (χ1v) is 7.47. The van der Waals surface area contributed by atoms with Crippen molar-refractivity contribution in [3.63, 3.8) is 0 Å². The summed E-state index contributed by atoms with van der Waals surface area (Å²) in [5, 5.41) is 6.66. The Hall–Kier alpha value is -2.21. The zero-order valence-corrected chi connectivity index (χ0v) is 12.8. The van der Waals surface area contributed by atoms with Crippen molar-refractivity contribution in [2.75, 3.05) is 20.2 Å². The first-order chi connectivity index (χ1) is 10.7. The lowest BCUT2D eigenvalue weighted by atomic mass is 9.95. The number of carbonyl (C=O) groups excluding carboxylic acids is 1. The van der Waals surface area contributed by atoms with Gasteiger partial charge in [0, 0.05) is 31.3 Å². The standard InChI is InChI=1S/C16H20N4O2/c1-11-6-7-20(9-14(11)22-2)16(21)13-5-3-4-12(8-13)15-17-10-18-19-15/h3-5,8,10-11,14H,6-7,9H2,1-2H3,(H,17,18,19).